The highest BCUT2D eigenvalue weighted by molar-refractivity contribution is 5.88. The van der Waals surface area contributed by atoms with Gasteiger partial charge in [0.05, 0.1) is 11.6 Å². The van der Waals surface area contributed by atoms with E-state index in [0.717, 1.165) is 18.4 Å². The van der Waals surface area contributed by atoms with Crippen molar-refractivity contribution in [1.82, 2.24) is 9.88 Å². The maximum atomic E-state index is 14.3. The molecule has 0 saturated carbocycles. The summed E-state index contributed by atoms with van der Waals surface area (Å²) in [5.41, 5.74) is 0.518. The number of nitriles is 1. The summed E-state index contributed by atoms with van der Waals surface area (Å²) < 4.78 is 20.7. The van der Waals surface area contributed by atoms with Gasteiger partial charge in [0.25, 0.3) is 5.91 Å². The molecule has 7 heteroatoms. The van der Waals surface area contributed by atoms with Crippen LogP contribution in [0.2, 0.25) is 0 Å². The lowest BCUT2D eigenvalue weighted by atomic mass is 9.89. The number of aromatic nitrogens is 1. The summed E-state index contributed by atoms with van der Waals surface area (Å²) in [6, 6.07) is 13.2. The van der Waals surface area contributed by atoms with Gasteiger partial charge in [-0.05, 0) is 24.5 Å². The molecule has 3 aliphatic heterocycles. The molecule has 1 spiro atoms. The molecule has 0 aliphatic carbocycles. The molecule has 1 amide bonds. The van der Waals surface area contributed by atoms with E-state index in [1.807, 2.05) is 34.1 Å². The van der Waals surface area contributed by atoms with Crippen LogP contribution in [0.3, 0.4) is 0 Å². The first-order valence-electron chi connectivity index (χ1n) is 9.97. The molecule has 0 bridgehead atoms. The predicted molar refractivity (Wildman–Crippen MR) is 103 cm³/mol. The van der Waals surface area contributed by atoms with Crippen LogP contribution < -0.4 is 4.90 Å². The number of fused-ring (bicyclic) bond motifs is 1. The van der Waals surface area contributed by atoms with Gasteiger partial charge in [-0.3, -0.25) is 4.79 Å². The number of halogens is 1. The first-order valence-corrected chi connectivity index (χ1v) is 9.97. The van der Waals surface area contributed by atoms with Crippen LogP contribution >= 0.6 is 0 Å². The number of hydrogen-bond donors (Lipinski definition) is 0. The largest absolute Gasteiger partial charge is 0.354 e. The van der Waals surface area contributed by atoms with E-state index in [1.165, 1.54) is 12.3 Å². The number of nitrogens with zero attached hydrogens (tertiary/aromatic N) is 4. The molecule has 3 aliphatic rings. The molecular weight excluding hydrogens is 371 g/mol. The van der Waals surface area contributed by atoms with Crippen molar-refractivity contribution in [3.63, 3.8) is 0 Å². The Bertz CT molecular complexity index is 982. The molecule has 29 heavy (non-hydrogen) atoms. The summed E-state index contributed by atoms with van der Waals surface area (Å²) in [5, 5.41) is 8.89. The minimum absolute atomic E-state index is 0.0572. The number of hydrogen-bond acceptors (Lipinski definition) is 5. The topological polar surface area (TPSA) is 69.5 Å². The average Bonchev–Trinajstić information content (AvgIpc) is 3.28. The second kappa shape index (κ2) is 6.82. The molecule has 3 fully saturated rings. The quantitative estimate of drug-likeness (QED) is 0.785. The fourth-order valence-electron chi connectivity index (χ4n) is 4.85. The SMILES string of the molecule is N#Cc1cnc(N2CCC3(CC2)OC2CCC(c4ccccc4)N2C3=O)c(F)c1. The Hall–Kier alpha value is -2.98. The van der Waals surface area contributed by atoms with Crippen LogP contribution in [0.5, 0.6) is 0 Å². The lowest BCUT2D eigenvalue weighted by molar-refractivity contribution is -0.140. The molecule has 6 nitrogen and oxygen atoms in total. The van der Waals surface area contributed by atoms with Gasteiger partial charge in [0.15, 0.2) is 17.2 Å². The van der Waals surface area contributed by atoms with E-state index in [-0.39, 0.29) is 29.6 Å². The number of anilines is 1. The third kappa shape index (κ3) is 2.87. The lowest BCUT2D eigenvalue weighted by Crippen LogP contribution is -2.50. The monoisotopic (exact) mass is 392 g/mol. The highest BCUT2D eigenvalue weighted by atomic mass is 19.1. The molecule has 5 rings (SSSR count). The van der Waals surface area contributed by atoms with Crippen molar-refractivity contribution < 1.29 is 13.9 Å². The van der Waals surface area contributed by atoms with Gasteiger partial charge in [-0.1, -0.05) is 30.3 Å². The van der Waals surface area contributed by atoms with Crippen molar-refractivity contribution in [2.75, 3.05) is 18.0 Å². The van der Waals surface area contributed by atoms with Gasteiger partial charge in [0.1, 0.15) is 12.3 Å². The van der Waals surface area contributed by atoms with Crippen LogP contribution in [0, 0.1) is 17.1 Å². The molecule has 2 aromatic rings. The maximum Gasteiger partial charge on any atom is 0.257 e. The summed E-state index contributed by atoms with van der Waals surface area (Å²) in [5.74, 6) is -0.225. The third-order valence-corrected chi connectivity index (χ3v) is 6.32. The Morgan fingerprint density at radius 3 is 2.66 bits per heavy atom. The third-order valence-electron chi connectivity index (χ3n) is 6.32. The summed E-state index contributed by atoms with van der Waals surface area (Å²) in [6.45, 7) is 0.968. The molecule has 0 radical (unpaired) electrons. The van der Waals surface area contributed by atoms with Gasteiger partial charge in [-0.15, -0.1) is 0 Å². The average molecular weight is 392 g/mol. The van der Waals surface area contributed by atoms with E-state index in [1.54, 1.807) is 0 Å². The molecule has 3 saturated heterocycles. The van der Waals surface area contributed by atoms with Gasteiger partial charge in [0, 0.05) is 32.1 Å². The van der Waals surface area contributed by atoms with Crippen molar-refractivity contribution in [3.05, 3.63) is 59.5 Å². The van der Waals surface area contributed by atoms with Crippen LogP contribution in [0.25, 0.3) is 0 Å². The predicted octanol–water partition coefficient (Wildman–Crippen LogP) is 3.15. The van der Waals surface area contributed by atoms with Gasteiger partial charge in [-0.25, -0.2) is 9.37 Å². The van der Waals surface area contributed by atoms with Gasteiger partial charge >= 0.3 is 0 Å². The molecule has 2 unspecified atom stereocenters. The zero-order chi connectivity index (χ0) is 20.0. The van der Waals surface area contributed by atoms with Crippen molar-refractivity contribution in [1.29, 1.82) is 5.26 Å². The van der Waals surface area contributed by atoms with Crippen LogP contribution in [-0.4, -0.2) is 40.7 Å². The second-order valence-corrected chi connectivity index (χ2v) is 7.91. The Balaban J connectivity index is 1.33. The van der Waals surface area contributed by atoms with Crippen LogP contribution in [0.1, 0.15) is 42.9 Å². The van der Waals surface area contributed by atoms with E-state index in [0.29, 0.717) is 25.9 Å². The molecular formula is C22H21FN4O2. The van der Waals surface area contributed by atoms with E-state index < -0.39 is 11.4 Å². The van der Waals surface area contributed by atoms with Crippen LogP contribution in [0.4, 0.5) is 10.2 Å². The minimum Gasteiger partial charge on any atom is -0.354 e. The highest BCUT2D eigenvalue weighted by Gasteiger charge is 2.58. The summed E-state index contributed by atoms with van der Waals surface area (Å²) in [6.07, 6.45) is 3.94. The summed E-state index contributed by atoms with van der Waals surface area (Å²) in [7, 11) is 0. The number of ether oxygens (including phenoxy) is 1. The van der Waals surface area contributed by atoms with Gasteiger partial charge in [0.2, 0.25) is 0 Å². The summed E-state index contributed by atoms with van der Waals surface area (Å²) in [4.78, 5) is 21.3. The van der Waals surface area contributed by atoms with Crippen molar-refractivity contribution in [3.8, 4) is 6.07 Å². The second-order valence-electron chi connectivity index (χ2n) is 7.91. The smallest absolute Gasteiger partial charge is 0.257 e. The van der Waals surface area contributed by atoms with Gasteiger partial charge < -0.3 is 14.5 Å². The number of carbonyl (C=O) groups excluding carboxylic acids is 1. The Morgan fingerprint density at radius 1 is 1.21 bits per heavy atom. The zero-order valence-electron chi connectivity index (χ0n) is 15.9. The molecule has 148 valence electrons. The number of pyridine rings is 1. The van der Waals surface area contributed by atoms with Crippen molar-refractivity contribution >= 4 is 11.7 Å². The highest BCUT2D eigenvalue weighted by Crippen LogP contribution is 2.47. The molecule has 0 N–H and O–H groups in total. The fraction of sp³-hybridized carbons (Fsp3) is 0.409. The standard InChI is InChI=1S/C22H21FN4O2/c23-17-12-15(13-24)14-25-20(17)26-10-8-22(9-11-26)21(28)27-18(6-7-19(27)29-22)16-4-2-1-3-5-16/h1-5,12,14,18-19H,6-11H2. The van der Waals surface area contributed by atoms with Crippen LogP contribution in [-0.2, 0) is 9.53 Å². The molecule has 4 heterocycles. The first kappa shape index (κ1) is 18.1. The van der Waals surface area contributed by atoms with E-state index >= 15 is 0 Å². The van der Waals surface area contributed by atoms with Crippen molar-refractivity contribution in [2.24, 2.45) is 0 Å². The number of benzene rings is 1. The number of rotatable bonds is 2. The molecule has 1 aromatic carbocycles. The fourth-order valence-corrected chi connectivity index (χ4v) is 4.85. The Kier molecular flexibility index (Phi) is 4.25. The number of amides is 1. The van der Waals surface area contributed by atoms with E-state index in [4.69, 9.17) is 10.00 Å². The minimum atomic E-state index is -0.822. The number of piperidine rings is 1. The molecule has 1 aromatic heterocycles. The van der Waals surface area contributed by atoms with Crippen LogP contribution in [0.15, 0.2) is 42.6 Å². The van der Waals surface area contributed by atoms with Gasteiger partial charge in [-0.2, -0.15) is 5.26 Å². The molecule has 2 atom stereocenters. The first-order chi connectivity index (χ1) is 14.1. The Labute approximate surface area is 168 Å². The normalized spacial score (nSPS) is 25.3. The zero-order valence-corrected chi connectivity index (χ0v) is 15.9. The summed E-state index contributed by atoms with van der Waals surface area (Å²) >= 11 is 0. The van der Waals surface area contributed by atoms with Crippen molar-refractivity contribution in [2.45, 2.75) is 43.6 Å². The van der Waals surface area contributed by atoms with E-state index in [2.05, 4.69) is 17.1 Å². The lowest BCUT2D eigenvalue weighted by Gasteiger charge is -2.38. The number of carbonyl (C=O) groups is 1. The maximum absolute atomic E-state index is 14.3. The van der Waals surface area contributed by atoms with E-state index in [9.17, 15) is 9.18 Å². The Morgan fingerprint density at radius 2 is 1.97 bits per heavy atom.